The molecule has 43 heavy (non-hydrogen) atoms. The first-order valence-electron chi connectivity index (χ1n) is 14.4. The van der Waals surface area contributed by atoms with E-state index >= 15 is 0 Å². The zero-order chi connectivity index (χ0) is 30.7. The summed E-state index contributed by atoms with van der Waals surface area (Å²) in [5.41, 5.74) is 3.65. The van der Waals surface area contributed by atoms with Gasteiger partial charge in [0.05, 0.1) is 46.1 Å². The monoisotopic (exact) mass is 607 g/mol. The number of benzene rings is 3. The van der Waals surface area contributed by atoms with Crippen LogP contribution in [0.3, 0.4) is 0 Å². The van der Waals surface area contributed by atoms with Gasteiger partial charge in [0.15, 0.2) is 11.5 Å². The maximum Gasteiger partial charge on any atom is 0.228 e. The third kappa shape index (κ3) is 6.04. The Morgan fingerprint density at radius 1 is 0.837 bits per heavy atom. The second-order valence-electron chi connectivity index (χ2n) is 10.8. The Balaban J connectivity index is 1.49. The first-order chi connectivity index (χ1) is 20.8. The fourth-order valence-corrected chi connectivity index (χ4v) is 6.34. The van der Waals surface area contributed by atoms with Crippen molar-refractivity contribution in [3.8, 4) is 23.0 Å². The molecule has 0 spiro atoms. The maximum atomic E-state index is 14.3. The van der Waals surface area contributed by atoms with E-state index in [0.29, 0.717) is 66.3 Å². The molecule has 0 unspecified atom stereocenters. The van der Waals surface area contributed by atoms with Crippen molar-refractivity contribution in [2.75, 3.05) is 64.4 Å². The van der Waals surface area contributed by atoms with Crippen LogP contribution in [0, 0.1) is 12.8 Å². The van der Waals surface area contributed by atoms with Gasteiger partial charge >= 0.3 is 0 Å². The molecule has 2 aliphatic rings. The van der Waals surface area contributed by atoms with Gasteiger partial charge in [0.1, 0.15) is 5.75 Å². The molecule has 3 aromatic carbocycles. The van der Waals surface area contributed by atoms with Crippen molar-refractivity contribution in [2.24, 2.45) is 5.92 Å². The number of amides is 2. The smallest absolute Gasteiger partial charge is 0.228 e. The third-order valence-corrected chi connectivity index (χ3v) is 8.64. The van der Waals surface area contributed by atoms with Gasteiger partial charge in [-0.15, -0.1) is 0 Å². The molecule has 0 N–H and O–H groups in total. The van der Waals surface area contributed by atoms with Crippen LogP contribution in [-0.2, 0) is 9.59 Å². The Morgan fingerprint density at radius 3 is 2.07 bits per heavy atom. The first-order valence-corrected chi connectivity index (χ1v) is 14.7. The van der Waals surface area contributed by atoms with Crippen LogP contribution in [-0.4, -0.2) is 71.3 Å². The summed E-state index contributed by atoms with van der Waals surface area (Å²) in [6, 6.07) is 16.4. The lowest BCUT2D eigenvalue weighted by Gasteiger charge is -2.44. The number of nitrogens with zero attached hydrogens (tertiary/aromatic N) is 3. The van der Waals surface area contributed by atoms with Crippen molar-refractivity contribution < 1.29 is 28.5 Å². The third-order valence-electron chi connectivity index (χ3n) is 8.40. The van der Waals surface area contributed by atoms with Gasteiger partial charge in [0.25, 0.3) is 0 Å². The number of piperazine rings is 1. The summed E-state index contributed by atoms with van der Waals surface area (Å²) in [6.07, 6.45) is 0.685. The molecular formula is C33H38ClN3O6. The minimum Gasteiger partial charge on any atom is -0.497 e. The first kappa shape index (κ1) is 30.4. The summed E-state index contributed by atoms with van der Waals surface area (Å²) in [5.74, 6) is 1.48. The second kappa shape index (κ2) is 13.0. The van der Waals surface area contributed by atoms with Gasteiger partial charge in [-0.1, -0.05) is 29.8 Å². The number of aryl methyl sites for hydroxylation is 1. The molecule has 2 fully saturated rings. The fourth-order valence-electron chi connectivity index (χ4n) is 6.17. The molecule has 9 nitrogen and oxygen atoms in total. The van der Waals surface area contributed by atoms with E-state index in [0.717, 1.165) is 16.8 Å². The van der Waals surface area contributed by atoms with E-state index in [1.54, 1.807) is 24.1 Å². The van der Waals surface area contributed by atoms with Crippen molar-refractivity contribution in [3.63, 3.8) is 0 Å². The number of anilines is 2. The van der Waals surface area contributed by atoms with Crippen LogP contribution in [0.2, 0.25) is 5.02 Å². The number of carbonyl (C=O) groups excluding carboxylic acids is 2. The fraction of sp³-hybridized carbons (Fsp3) is 0.394. The number of ether oxygens (including phenoxy) is 4. The number of methoxy groups -OCH3 is 4. The highest BCUT2D eigenvalue weighted by Gasteiger charge is 2.44. The molecule has 228 valence electrons. The number of hydrogen-bond acceptors (Lipinski definition) is 7. The molecule has 2 saturated heterocycles. The Labute approximate surface area is 257 Å². The van der Waals surface area contributed by atoms with Gasteiger partial charge < -0.3 is 33.6 Å². The molecule has 0 bridgehead atoms. The molecule has 2 heterocycles. The largest absolute Gasteiger partial charge is 0.497 e. The maximum absolute atomic E-state index is 14.3. The van der Waals surface area contributed by atoms with Crippen LogP contribution >= 0.6 is 11.6 Å². The lowest BCUT2D eigenvalue weighted by Crippen LogP contribution is -2.54. The molecular weight excluding hydrogens is 570 g/mol. The van der Waals surface area contributed by atoms with Gasteiger partial charge in [0, 0.05) is 55.4 Å². The highest BCUT2D eigenvalue weighted by molar-refractivity contribution is 6.30. The van der Waals surface area contributed by atoms with E-state index in [2.05, 4.69) is 11.8 Å². The Morgan fingerprint density at radius 2 is 1.49 bits per heavy atom. The molecule has 2 amide bonds. The molecule has 0 aliphatic carbocycles. The summed E-state index contributed by atoms with van der Waals surface area (Å²) < 4.78 is 22.1. The van der Waals surface area contributed by atoms with Crippen molar-refractivity contribution >= 4 is 34.8 Å². The lowest BCUT2D eigenvalue weighted by atomic mass is 9.82. The molecule has 10 heteroatoms. The predicted octanol–water partition coefficient (Wildman–Crippen LogP) is 5.52. The normalized spacial score (nSPS) is 18.8. The predicted molar refractivity (Wildman–Crippen MR) is 167 cm³/mol. The van der Waals surface area contributed by atoms with Crippen LogP contribution in [0.1, 0.15) is 30.0 Å². The molecule has 0 radical (unpaired) electrons. The second-order valence-corrected chi connectivity index (χ2v) is 11.2. The molecule has 0 aromatic heterocycles. The number of piperidine rings is 1. The summed E-state index contributed by atoms with van der Waals surface area (Å²) >= 11 is 6.29. The van der Waals surface area contributed by atoms with Gasteiger partial charge in [-0.3, -0.25) is 9.59 Å². The van der Waals surface area contributed by atoms with E-state index in [1.807, 2.05) is 47.4 Å². The quantitative estimate of drug-likeness (QED) is 0.334. The number of hydrogen-bond donors (Lipinski definition) is 0. The van der Waals surface area contributed by atoms with E-state index in [1.165, 1.54) is 21.3 Å². The summed E-state index contributed by atoms with van der Waals surface area (Å²) in [7, 11) is 6.22. The summed E-state index contributed by atoms with van der Waals surface area (Å²) in [4.78, 5) is 33.9. The van der Waals surface area contributed by atoms with Gasteiger partial charge in [-0.25, -0.2) is 0 Å². The molecule has 2 aliphatic heterocycles. The van der Waals surface area contributed by atoms with Gasteiger partial charge in [-0.05, 0) is 48.7 Å². The van der Waals surface area contributed by atoms with E-state index in [9.17, 15) is 9.59 Å². The lowest BCUT2D eigenvalue weighted by molar-refractivity contribution is -0.138. The summed E-state index contributed by atoms with van der Waals surface area (Å²) in [5, 5.41) is 0.695. The molecule has 0 saturated carbocycles. The highest BCUT2D eigenvalue weighted by Crippen LogP contribution is 2.46. The van der Waals surface area contributed by atoms with Crippen molar-refractivity contribution in [3.05, 3.63) is 70.7 Å². The SMILES string of the molecule is COc1ccc([C@@H]2[C@@H](C(=O)N3CCN(c4cc(Cl)ccc4C)CC3)CCC(=O)N2c2cc(OC)c(OC)c(OC)c2)cc1. The van der Waals surface area contributed by atoms with E-state index < -0.39 is 12.0 Å². The number of halogens is 1. The molecule has 2 atom stereocenters. The van der Waals surface area contributed by atoms with Gasteiger partial charge in [-0.2, -0.15) is 0 Å². The van der Waals surface area contributed by atoms with Crippen molar-refractivity contribution in [1.29, 1.82) is 0 Å². The van der Waals surface area contributed by atoms with Crippen molar-refractivity contribution in [2.45, 2.75) is 25.8 Å². The standard InChI is InChI=1S/C33H38ClN3O6/c1-21-6-9-23(34)18-27(21)35-14-16-36(17-15-35)33(39)26-12-13-30(38)37(31(26)22-7-10-25(40-2)11-8-22)24-19-28(41-3)32(43-5)29(20-24)42-4/h6-11,18-20,26,31H,12-17H2,1-5H3/t26-,31+/m0/s1. The van der Waals surface area contributed by atoms with Crippen LogP contribution in [0.15, 0.2) is 54.6 Å². The summed E-state index contributed by atoms with van der Waals surface area (Å²) in [6.45, 7) is 4.62. The average Bonchev–Trinajstić information content (AvgIpc) is 3.04. The van der Waals surface area contributed by atoms with Crippen LogP contribution in [0.25, 0.3) is 0 Å². The highest BCUT2D eigenvalue weighted by atomic mass is 35.5. The van der Waals surface area contributed by atoms with E-state index in [4.69, 9.17) is 30.5 Å². The zero-order valence-corrected chi connectivity index (χ0v) is 26.0. The minimum absolute atomic E-state index is 0.0354. The number of carbonyl (C=O) groups is 2. The average molecular weight is 608 g/mol. The van der Waals surface area contributed by atoms with Crippen LogP contribution < -0.4 is 28.7 Å². The molecule has 3 aromatic rings. The molecule has 5 rings (SSSR count). The van der Waals surface area contributed by atoms with Crippen LogP contribution in [0.5, 0.6) is 23.0 Å². The van der Waals surface area contributed by atoms with Crippen LogP contribution in [0.4, 0.5) is 11.4 Å². The Kier molecular flexibility index (Phi) is 9.20. The number of rotatable bonds is 8. The topological polar surface area (TPSA) is 80.8 Å². The minimum atomic E-state index is -0.546. The van der Waals surface area contributed by atoms with Gasteiger partial charge in [0.2, 0.25) is 17.6 Å². The van der Waals surface area contributed by atoms with E-state index in [-0.39, 0.29) is 18.2 Å². The Hall–Kier alpha value is -4.11. The van der Waals surface area contributed by atoms with Crippen molar-refractivity contribution in [1.82, 2.24) is 4.90 Å². The Bertz CT molecular complexity index is 1450. The zero-order valence-electron chi connectivity index (χ0n) is 25.3.